The van der Waals surface area contributed by atoms with Crippen molar-refractivity contribution in [1.29, 1.82) is 0 Å². The van der Waals surface area contributed by atoms with E-state index in [1.54, 1.807) is 0 Å². The Morgan fingerprint density at radius 3 is 2.83 bits per heavy atom. The van der Waals surface area contributed by atoms with Crippen molar-refractivity contribution in [3.05, 3.63) is 35.4 Å². The van der Waals surface area contributed by atoms with Gasteiger partial charge in [-0.1, -0.05) is 36.2 Å². The number of nitrogen functional groups attached to an aromatic ring is 1. The lowest BCUT2D eigenvalue weighted by atomic mass is 9.97. The van der Waals surface area contributed by atoms with Crippen molar-refractivity contribution in [1.82, 2.24) is 0 Å². The molecule has 0 bridgehead atoms. The summed E-state index contributed by atoms with van der Waals surface area (Å²) in [4.78, 5) is 0. The van der Waals surface area contributed by atoms with Gasteiger partial charge in [-0.15, -0.1) is 0 Å². The van der Waals surface area contributed by atoms with Gasteiger partial charge in [0.2, 0.25) is 0 Å². The maximum absolute atomic E-state index is 9.13. The molecular formula is C15H20N2O. The second kappa shape index (κ2) is 5.71. The van der Waals surface area contributed by atoms with Crippen molar-refractivity contribution < 1.29 is 5.21 Å². The highest BCUT2D eigenvalue weighted by Gasteiger charge is 2.22. The van der Waals surface area contributed by atoms with Gasteiger partial charge in [-0.05, 0) is 43.4 Å². The van der Waals surface area contributed by atoms with Crippen LogP contribution in [0.15, 0.2) is 35.0 Å². The summed E-state index contributed by atoms with van der Waals surface area (Å²) in [6.45, 7) is 2.19. The maximum Gasteiger partial charge on any atom is 0.0876 e. The Hall–Kier alpha value is -1.77. The van der Waals surface area contributed by atoms with Crippen molar-refractivity contribution >= 4 is 17.0 Å². The molecule has 0 radical (unpaired) electrons. The Bertz CT molecular complexity index is 489. The number of unbranched alkanes of at least 4 members (excludes halogenated alkanes) is 1. The number of rotatable bonds is 4. The molecule has 1 aliphatic rings. The van der Waals surface area contributed by atoms with E-state index in [2.05, 4.69) is 12.1 Å². The average molecular weight is 244 g/mol. The standard InChI is InChI=1S/C15H20N2O/c1-2-3-5-11-8-9-14(17-18)15(11)12-6-4-7-13(16)10-12/h4,6-7,10,18H,2-3,5,8-9,16H2,1H3. The van der Waals surface area contributed by atoms with Crippen LogP contribution in [-0.2, 0) is 0 Å². The van der Waals surface area contributed by atoms with E-state index in [4.69, 9.17) is 10.9 Å². The van der Waals surface area contributed by atoms with Crippen LogP contribution < -0.4 is 5.73 Å². The third kappa shape index (κ3) is 2.55. The Balaban J connectivity index is 2.40. The minimum Gasteiger partial charge on any atom is -0.411 e. The van der Waals surface area contributed by atoms with Crippen LogP contribution >= 0.6 is 0 Å². The van der Waals surface area contributed by atoms with Crippen LogP contribution in [0.4, 0.5) is 5.69 Å². The minimum absolute atomic E-state index is 0.749. The molecule has 1 aliphatic carbocycles. The van der Waals surface area contributed by atoms with E-state index in [0.717, 1.165) is 41.8 Å². The molecular weight excluding hydrogens is 224 g/mol. The minimum atomic E-state index is 0.749. The molecule has 0 spiro atoms. The van der Waals surface area contributed by atoms with Gasteiger partial charge in [0.05, 0.1) is 5.71 Å². The molecule has 0 fully saturated rings. The van der Waals surface area contributed by atoms with E-state index < -0.39 is 0 Å². The highest BCUT2D eigenvalue weighted by Crippen LogP contribution is 2.35. The van der Waals surface area contributed by atoms with Gasteiger partial charge in [-0.2, -0.15) is 0 Å². The number of nitrogens with zero attached hydrogens (tertiary/aromatic N) is 1. The van der Waals surface area contributed by atoms with Crippen LogP contribution in [0, 0.1) is 0 Å². The SMILES string of the molecule is CCCCC1=C(c2cccc(N)c2)C(=NO)CC1. The molecule has 0 atom stereocenters. The zero-order chi connectivity index (χ0) is 13.0. The highest BCUT2D eigenvalue weighted by molar-refractivity contribution is 6.26. The van der Waals surface area contributed by atoms with E-state index in [1.165, 1.54) is 18.4 Å². The van der Waals surface area contributed by atoms with Crippen molar-refractivity contribution in [3.8, 4) is 0 Å². The number of nitrogens with two attached hydrogens (primary N) is 1. The summed E-state index contributed by atoms with van der Waals surface area (Å²) in [7, 11) is 0. The Kier molecular flexibility index (Phi) is 4.03. The van der Waals surface area contributed by atoms with Crippen LogP contribution in [0.1, 0.15) is 44.6 Å². The average Bonchev–Trinajstić information content (AvgIpc) is 2.79. The first-order valence-corrected chi connectivity index (χ1v) is 6.55. The van der Waals surface area contributed by atoms with Crippen LogP contribution in [-0.4, -0.2) is 10.9 Å². The number of anilines is 1. The van der Waals surface area contributed by atoms with Gasteiger partial charge in [0, 0.05) is 11.3 Å². The van der Waals surface area contributed by atoms with Gasteiger partial charge < -0.3 is 10.9 Å². The molecule has 96 valence electrons. The lowest BCUT2D eigenvalue weighted by molar-refractivity contribution is 0.319. The molecule has 0 aromatic heterocycles. The predicted octanol–water partition coefficient (Wildman–Crippen LogP) is 3.84. The molecule has 0 saturated heterocycles. The van der Waals surface area contributed by atoms with Gasteiger partial charge in [0.25, 0.3) is 0 Å². The zero-order valence-corrected chi connectivity index (χ0v) is 10.8. The summed E-state index contributed by atoms with van der Waals surface area (Å²) in [6.07, 6.45) is 5.28. The smallest absolute Gasteiger partial charge is 0.0876 e. The number of oxime groups is 1. The molecule has 3 nitrogen and oxygen atoms in total. The first-order chi connectivity index (χ1) is 8.76. The van der Waals surface area contributed by atoms with Crippen molar-refractivity contribution in [2.75, 3.05) is 5.73 Å². The van der Waals surface area contributed by atoms with Gasteiger partial charge in [0.15, 0.2) is 0 Å². The van der Waals surface area contributed by atoms with Crippen LogP contribution in [0.5, 0.6) is 0 Å². The molecule has 0 amide bonds. The topological polar surface area (TPSA) is 58.6 Å². The Morgan fingerprint density at radius 2 is 2.17 bits per heavy atom. The quantitative estimate of drug-likeness (QED) is 0.480. The summed E-state index contributed by atoms with van der Waals surface area (Å²) in [6, 6.07) is 7.81. The molecule has 3 N–H and O–H groups in total. The first kappa shape index (κ1) is 12.7. The van der Waals surface area contributed by atoms with E-state index in [0.29, 0.717) is 0 Å². The monoisotopic (exact) mass is 244 g/mol. The third-order valence-electron chi connectivity index (χ3n) is 3.43. The fourth-order valence-electron chi connectivity index (χ4n) is 2.53. The molecule has 18 heavy (non-hydrogen) atoms. The van der Waals surface area contributed by atoms with Gasteiger partial charge in [0.1, 0.15) is 0 Å². The lowest BCUT2D eigenvalue weighted by Gasteiger charge is -2.08. The fourth-order valence-corrected chi connectivity index (χ4v) is 2.53. The normalized spacial score (nSPS) is 17.7. The van der Waals surface area contributed by atoms with Crippen LogP contribution in [0.3, 0.4) is 0 Å². The lowest BCUT2D eigenvalue weighted by Crippen LogP contribution is -1.98. The molecule has 1 aromatic rings. The molecule has 0 unspecified atom stereocenters. The second-order valence-corrected chi connectivity index (χ2v) is 4.75. The largest absolute Gasteiger partial charge is 0.411 e. The number of hydrogen-bond donors (Lipinski definition) is 2. The van der Waals surface area contributed by atoms with Crippen molar-refractivity contribution in [3.63, 3.8) is 0 Å². The van der Waals surface area contributed by atoms with Crippen molar-refractivity contribution in [2.24, 2.45) is 5.16 Å². The maximum atomic E-state index is 9.13. The molecule has 2 rings (SSSR count). The summed E-state index contributed by atoms with van der Waals surface area (Å²) in [5.74, 6) is 0. The van der Waals surface area contributed by atoms with Gasteiger partial charge >= 0.3 is 0 Å². The number of allylic oxidation sites excluding steroid dienone is 2. The molecule has 0 saturated carbocycles. The summed E-state index contributed by atoms with van der Waals surface area (Å²) < 4.78 is 0. The summed E-state index contributed by atoms with van der Waals surface area (Å²) in [5, 5.41) is 12.6. The number of benzene rings is 1. The number of hydrogen-bond acceptors (Lipinski definition) is 3. The van der Waals surface area contributed by atoms with Crippen LogP contribution in [0.2, 0.25) is 0 Å². The zero-order valence-electron chi connectivity index (χ0n) is 10.8. The summed E-state index contributed by atoms with van der Waals surface area (Å²) >= 11 is 0. The third-order valence-corrected chi connectivity index (χ3v) is 3.43. The van der Waals surface area contributed by atoms with E-state index in [-0.39, 0.29) is 0 Å². The Labute approximate surface area is 108 Å². The fraction of sp³-hybridized carbons (Fsp3) is 0.400. The van der Waals surface area contributed by atoms with E-state index in [9.17, 15) is 0 Å². The Morgan fingerprint density at radius 1 is 1.33 bits per heavy atom. The van der Waals surface area contributed by atoms with Gasteiger partial charge in [-0.25, -0.2) is 0 Å². The highest BCUT2D eigenvalue weighted by atomic mass is 16.4. The van der Waals surface area contributed by atoms with Crippen molar-refractivity contribution in [2.45, 2.75) is 39.0 Å². The molecule has 0 aliphatic heterocycles. The van der Waals surface area contributed by atoms with Crippen LogP contribution in [0.25, 0.3) is 5.57 Å². The van der Waals surface area contributed by atoms with Gasteiger partial charge in [-0.3, -0.25) is 0 Å². The molecule has 0 heterocycles. The predicted molar refractivity (Wildman–Crippen MR) is 75.8 cm³/mol. The van der Waals surface area contributed by atoms with E-state index in [1.807, 2.05) is 24.3 Å². The summed E-state index contributed by atoms with van der Waals surface area (Å²) in [5.41, 5.74) is 11.0. The first-order valence-electron chi connectivity index (χ1n) is 6.55. The molecule has 3 heteroatoms. The second-order valence-electron chi connectivity index (χ2n) is 4.75. The van der Waals surface area contributed by atoms with E-state index >= 15 is 0 Å². The molecule has 1 aromatic carbocycles.